The Bertz CT molecular complexity index is 320. The highest BCUT2D eigenvalue weighted by molar-refractivity contribution is 6.30. The number of hydrogen-bond acceptors (Lipinski definition) is 1. The number of Topliss-reactive ketones (excluding diaryl/α,β-unsaturated/α-hetero) is 1. The summed E-state index contributed by atoms with van der Waals surface area (Å²) in [5, 5.41) is -0.386. The zero-order valence-electron chi connectivity index (χ0n) is 8.59. The molecule has 1 unspecified atom stereocenters. The van der Waals surface area contributed by atoms with Gasteiger partial charge in [0.2, 0.25) is 0 Å². The highest BCUT2D eigenvalue weighted by Gasteiger charge is 2.12. The smallest absolute Gasteiger partial charge is 0.147 e. The van der Waals surface area contributed by atoms with Crippen LogP contribution < -0.4 is 0 Å². The predicted octanol–water partition coefficient (Wildman–Crippen LogP) is 2.99. The largest absolute Gasteiger partial charge is 0.298 e. The lowest BCUT2D eigenvalue weighted by Gasteiger charge is -2.09. The third-order valence-corrected chi connectivity index (χ3v) is 2.80. The van der Waals surface area contributed by atoms with Crippen molar-refractivity contribution in [2.24, 2.45) is 0 Å². The lowest BCUT2D eigenvalue weighted by atomic mass is 10.00. The Hall–Kier alpha value is -0.820. The van der Waals surface area contributed by atoms with Gasteiger partial charge in [0, 0.05) is 0 Å². The van der Waals surface area contributed by atoms with Crippen LogP contribution in [0.1, 0.15) is 25.0 Å². The quantitative estimate of drug-likeness (QED) is 0.699. The first-order valence-electron chi connectivity index (χ1n) is 4.86. The van der Waals surface area contributed by atoms with Crippen molar-refractivity contribution in [3.8, 4) is 0 Å². The first-order valence-corrected chi connectivity index (χ1v) is 5.30. The van der Waals surface area contributed by atoms with Crippen LogP contribution in [0.2, 0.25) is 0 Å². The fourth-order valence-electron chi connectivity index (χ4n) is 1.44. The summed E-state index contributed by atoms with van der Waals surface area (Å²) in [7, 11) is 0. The molecule has 0 amide bonds. The van der Waals surface area contributed by atoms with E-state index >= 15 is 0 Å². The predicted molar refractivity (Wildman–Crippen MR) is 59.8 cm³/mol. The van der Waals surface area contributed by atoms with E-state index in [0.717, 1.165) is 6.42 Å². The number of aryl methyl sites for hydroxylation is 1. The number of ketones is 1. The Morgan fingerprint density at radius 3 is 2.43 bits per heavy atom. The number of carbonyl (C=O) groups is 1. The number of halogens is 1. The van der Waals surface area contributed by atoms with Crippen LogP contribution in [0.15, 0.2) is 24.3 Å². The van der Waals surface area contributed by atoms with Gasteiger partial charge in [-0.3, -0.25) is 4.79 Å². The van der Waals surface area contributed by atoms with Crippen molar-refractivity contribution in [1.82, 2.24) is 0 Å². The van der Waals surface area contributed by atoms with Gasteiger partial charge in [-0.2, -0.15) is 0 Å². The van der Waals surface area contributed by atoms with E-state index in [2.05, 4.69) is 13.0 Å². The average molecular weight is 211 g/mol. The van der Waals surface area contributed by atoms with Gasteiger partial charge in [-0.25, -0.2) is 0 Å². The molecule has 0 bridgehead atoms. The molecule has 1 aromatic rings. The number of carbonyl (C=O) groups excluding carboxylic acids is 1. The average Bonchev–Trinajstić information content (AvgIpc) is 2.18. The number of alkyl halides is 1. The van der Waals surface area contributed by atoms with Crippen LogP contribution in [-0.4, -0.2) is 11.2 Å². The second-order valence-corrected chi connectivity index (χ2v) is 3.93. The van der Waals surface area contributed by atoms with Crippen LogP contribution >= 0.6 is 11.6 Å². The highest BCUT2D eigenvalue weighted by Crippen LogP contribution is 2.14. The van der Waals surface area contributed by atoms with Crippen molar-refractivity contribution < 1.29 is 4.79 Å². The number of benzene rings is 1. The molecule has 0 aliphatic carbocycles. The minimum atomic E-state index is -0.386. The van der Waals surface area contributed by atoms with Crippen LogP contribution in [0.25, 0.3) is 0 Å². The summed E-state index contributed by atoms with van der Waals surface area (Å²) < 4.78 is 0. The molecule has 1 aromatic carbocycles. The van der Waals surface area contributed by atoms with Crippen LogP contribution in [0.5, 0.6) is 0 Å². The maximum Gasteiger partial charge on any atom is 0.147 e. The van der Waals surface area contributed by atoms with E-state index in [1.807, 2.05) is 18.2 Å². The van der Waals surface area contributed by atoms with Gasteiger partial charge in [0.1, 0.15) is 5.78 Å². The Balaban J connectivity index is 2.80. The molecule has 1 nitrogen and oxygen atoms in total. The minimum Gasteiger partial charge on any atom is -0.298 e. The second-order valence-electron chi connectivity index (χ2n) is 3.40. The topological polar surface area (TPSA) is 17.1 Å². The van der Waals surface area contributed by atoms with Crippen molar-refractivity contribution in [1.29, 1.82) is 0 Å². The van der Waals surface area contributed by atoms with Crippen LogP contribution in [0.4, 0.5) is 0 Å². The van der Waals surface area contributed by atoms with Gasteiger partial charge in [-0.05, 0) is 30.9 Å². The fraction of sp³-hybridized carbons (Fsp3) is 0.417. The molecule has 0 spiro atoms. The highest BCUT2D eigenvalue weighted by atomic mass is 35.5. The first-order chi connectivity index (χ1) is 6.65. The summed E-state index contributed by atoms with van der Waals surface area (Å²) in [6.07, 6.45) is 1.62. The zero-order chi connectivity index (χ0) is 10.6. The second kappa shape index (κ2) is 5.16. The van der Waals surface area contributed by atoms with E-state index in [4.69, 9.17) is 11.6 Å². The molecule has 0 saturated carbocycles. The molecular formula is C12H15ClO. The molecule has 0 fully saturated rings. The zero-order valence-corrected chi connectivity index (χ0v) is 9.34. The van der Waals surface area contributed by atoms with Crippen molar-refractivity contribution >= 4 is 17.4 Å². The summed E-state index contributed by atoms with van der Waals surface area (Å²) in [6.45, 7) is 3.64. The molecule has 1 rings (SSSR count). The SMILES string of the molecule is CCc1ccccc1CC(Cl)C(C)=O. The van der Waals surface area contributed by atoms with E-state index in [-0.39, 0.29) is 11.2 Å². The van der Waals surface area contributed by atoms with Gasteiger partial charge in [0.05, 0.1) is 5.38 Å². The van der Waals surface area contributed by atoms with E-state index in [0.29, 0.717) is 6.42 Å². The summed E-state index contributed by atoms with van der Waals surface area (Å²) in [4.78, 5) is 11.0. The molecule has 0 heterocycles. The summed E-state index contributed by atoms with van der Waals surface area (Å²) in [5.74, 6) is 0.0394. The summed E-state index contributed by atoms with van der Waals surface area (Å²) >= 11 is 5.93. The molecule has 1 atom stereocenters. The molecule has 0 N–H and O–H groups in total. The van der Waals surface area contributed by atoms with Crippen LogP contribution in [0, 0.1) is 0 Å². The molecule has 0 aliphatic rings. The van der Waals surface area contributed by atoms with Gasteiger partial charge in [0.15, 0.2) is 0 Å². The summed E-state index contributed by atoms with van der Waals surface area (Å²) in [5.41, 5.74) is 2.46. The Labute approximate surface area is 90.1 Å². The Morgan fingerprint density at radius 2 is 1.93 bits per heavy atom. The van der Waals surface area contributed by atoms with E-state index in [9.17, 15) is 4.79 Å². The third kappa shape index (κ3) is 2.85. The van der Waals surface area contributed by atoms with E-state index < -0.39 is 0 Å². The molecule has 0 radical (unpaired) electrons. The molecule has 2 heteroatoms. The van der Waals surface area contributed by atoms with Gasteiger partial charge in [0.25, 0.3) is 0 Å². The van der Waals surface area contributed by atoms with Crippen molar-refractivity contribution in [3.63, 3.8) is 0 Å². The Morgan fingerprint density at radius 1 is 1.36 bits per heavy atom. The molecule has 0 saturated heterocycles. The monoisotopic (exact) mass is 210 g/mol. The van der Waals surface area contributed by atoms with Gasteiger partial charge in [-0.15, -0.1) is 11.6 Å². The standard InChI is InChI=1S/C12H15ClO/c1-3-10-6-4-5-7-11(10)8-12(13)9(2)14/h4-7,12H,3,8H2,1-2H3. The maximum atomic E-state index is 11.0. The molecule has 76 valence electrons. The summed E-state index contributed by atoms with van der Waals surface area (Å²) in [6, 6.07) is 8.12. The molecule has 0 aromatic heterocycles. The Kier molecular flexibility index (Phi) is 4.15. The first kappa shape index (κ1) is 11.3. The fourth-order valence-corrected chi connectivity index (χ4v) is 1.60. The molecule has 0 aliphatic heterocycles. The van der Waals surface area contributed by atoms with E-state index in [1.54, 1.807) is 0 Å². The van der Waals surface area contributed by atoms with Crippen LogP contribution in [0.3, 0.4) is 0 Å². The number of rotatable bonds is 4. The molecular weight excluding hydrogens is 196 g/mol. The van der Waals surface area contributed by atoms with Gasteiger partial charge in [-0.1, -0.05) is 31.2 Å². The lowest BCUT2D eigenvalue weighted by molar-refractivity contribution is -0.116. The minimum absolute atomic E-state index is 0.0394. The van der Waals surface area contributed by atoms with Gasteiger partial charge < -0.3 is 0 Å². The van der Waals surface area contributed by atoms with Crippen molar-refractivity contribution in [2.75, 3.05) is 0 Å². The molecule has 14 heavy (non-hydrogen) atoms. The maximum absolute atomic E-state index is 11.0. The number of hydrogen-bond donors (Lipinski definition) is 0. The van der Waals surface area contributed by atoms with E-state index in [1.165, 1.54) is 18.1 Å². The van der Waals surface area contributed by atoms with Crippen LogP contribution in [-0.2, 0) is 17.6 Å². The van der Waals surface area contributed by atoms with Crippen molar-refractivity contribution in [2.45, 2.75) is 32.1 Å². The lowest BCUT2D eigenvalue weighted by Crippen LogP contribution is -2.14. The van der Waals surface area contributed by atoms with Crippen molar-refractivity contribution in [3.05, 3.63) is 35.4 Å². The van der Waals surface area contributed by atoms with Gasteiger partial charge >= 0.3 is 0 Å². The normalized spacial score (nSPS) is 12.5. The third-order valence-electron chi connectivity index (χ3n) is 2.34.